The number of rotatable bonds is 20. The lowest BCUT2D eigenvalue weighted by atomic mass is 10.3. The minimum absolute atomic E-state index is 0.316. The van der Waals surface area contributed by atoms with Gasteiger partial charge in [-0.3, -0.25) is 0 Å². The van der Waals surface area contributed by atoms with E-state index in [1.165, 1.54) is 23.4 Å². The van der Waals surface area contributed by atoms with Crippen molar-refractivity contribution in [2.24, 2.45) is 11.8 Å². The Morgan fingerprint density at radius 1 is 0.417 bits per heavy atom. The molecule has 0 unspecified atom stereocenters. The molecule has 4 aromatic rings. The molecule has 4 N–H and O–H groups in total. The Hall–Kier alpha value is -3.48. The lowest BCUT2D eigenvalue weighted by molar-refractivity contribution is 0.340. The highest BCUT2D eigenvalue weighted by Crippen LogP contribution is 2.20. The Balaban J connectivity index is 0.000000444. The van der Waals surface area contributed by atoms with Crippen molar-refractivity contribution in [1.29, 1.82) is 0 Å². The van der Waals surface area contributed by atoms with E-state index in [9.17, 15) is 0 Å². The van der Waals surface area contributed by atoms with Crippen LogP contribution in [0.3, 0.4) is 0 Å². The number of anilines is 4. The fourth-order valence-electron chi connectivity index (χ4n) is 5.40. The van der Waals surface area contributed by atoms with E-state index in [1.54, 1.807) is 10.6 Å². The number of benzene rings is 4. The second kappa shape index (κ2) is 35.2. The molecule has 0 fully saturated rings. The molecule has 0 spiro atoms. The molecular weight excluding hydrogens is 815 g/mol. The predicted molar refractivity (Wildman–Crippen MR) is 274 cm³/mol. The Morgan fingerprint density at radius 2 is 0.650 bits per heavy atom. The highest BCUT2D eigenvalue weighted by atomic mass is 32.1. The van der Waals surface area contributed by atoms with Crippen molar-refractivity contribution in [3.8, 4) is 23.0 Å². The van der Waals surface area contributed by atoms with Crippen LogP contribution in [0, 0.1) is 11.8 Å². The number of thiocarbonyl (C=S) groups is 2. The van der Waals surface area contributed by atoms with Crippen molar-refractivity contribution in [3.63, 3.8) is 0 Å². The standard InChI is InChI=1S/2C17H20N2O2S.2C4H9.2C3H7.2Al.2H/c2*1-3-20-15-9-5-13(6-10-15)18-17(22)19-14-7-11-16(12-8-14)21-4-2;2*1-4(2)3;2*1-3-2;;;;/h2*5-12H,3-4H2,1-2H3,(H2,18,19,22);2*4H,1H2,2-3H3;2*1,3H2,2H3;;;;. The maximum atomic E-state index is 5.40. The molecule has 0 saturated carbocycles. The Bertz CT molecular complexity index is 1430. The first kappa shape index (κ1) is 54.5. The van der Waals surface area contributed by atoms with Crippen molar-refractivity contribution in [3.05, 3.63) is 97.1 Å². The molecule has 12 heteroatoms. The van der Waals surface area contributed by atoms with Crippen molar-refractivity contribution in [2.75, 3.05) is 47.7 Å². The molecule has 60 heavy (non-hydrogen) atoms. The number of ether oxygens (including phenoxy) is 4. The average Bonchev–Trinajstić information content (AvgIpc) is 3.22. The normalized spacial score (nSPS) is 9.93. The van der Waals surface area contributed by atoms with Crippen LogP contribution < -0.4 is 40.2 Å². The van der Waals surface area contributed by atoms with Gasteiger partial charge in [0.05, 0.1) is 26.4 Å². The molecule has 0 aromatic heterocycles. The molecule has 0 aliphatic heterocycles. The van der Waals surface area contributed by atoms with Gasteiger partial charge in [-0.15, -0.1) is 0 Å². The summed E-state index contributed by atoms with van der Waals surface area (Å²) in [4.78, 5) is 0. The molecular formula is C48H74Al2N4O4S2. The van der Waals surface area contributed by atoms with Crippen LogP contribution in [0.1, 0.15) is 82.1 Å². The van der Waals surface area contributed by atoms with Crippen molar-refractivity contribution in [2.45, 2.75) is 103 Å². The largest absolute Gasteiger partial charge is 0.494 e. The van der Waals surface area contributed by atoms with Gasteiger partial charge in [0.25, 0.3) is 0 Å². The van der Waals surface area contributed by atoms with Gasteiger partial charge in [0.1, 0.15) is 23.0 Å². The van der Waals surface area contributed by atoms with Crippen LogP contribution in [0.15, 0.2) is 97.1 Å². The minimum Gasteiger partial charge on any atom is -0.494 e. The molecule has 0 bridgehead atoms. The number of hydrogen-bond acceptors (Lipinski definition) is 6. The molecule has 0 aliphatic rings. The van der Waals surface area contributed by atoms with Crippen LogP contribution in [0.4, 0.5) is 22.7 Å². The van der Waals surface area contributed by atoms with Gasteiger partial charge in [0.2, 0.25) is 30.4 Å². The fraction of sp³-hybridized carbons (Fsp3) is 0.458. The summed E-state index contributed by atoms with van der Waals surface area (Å²) in [6.07, 6.45) is 2.85. The van der Waals surface area contributed by atoms with Crippen LogP contribution in [0.5, 0.6) is 23.0 Å². The molecule has 4 rings (SSSR count). The third-order valence-corrected chi connectivity index (χ3v) is 14.4. The lowest BCUT2D eigenvalue weighted by Gasteiger charge is -2.12. The summed E-state index contributed by atoms with van der Waals surface area (Å²) in [5.74, 6) is 5.29. The number of nitrogens with one attached hydrogen (secondary N) is 4. The summed E-state index contributed by atoms with van der Waals surface area (Å²) >= 11 is 11.3. The molecule has 328 valence electrons. The molecule has 0 atom stereocenters. The van der Waals surface area contributed by atoms with E-state index in [-0.39, 0.29) is 0 Å². The van der Waals surface area contributed by atoms with Crippen LogP contribution >= 0.6 is 24.4 Å². The smallest absolute Gasteiger partial charge is 0.237 e. The van der Waals surface area contributed by atoms with Gasteiger partial charge in [-0.25, -0.2) is 0 Å². The summed E-state index contributed by atoms with van der Waals surface area (Å²) in [6, 6.07) is 30.7. The SMILES string of the molecule is CC(C)[CH2][AlH][CH2]C(C)C.CCOc1ccc(NC(=S)Nc2ccc(OCC)cc2)cc1.CCOc1ccc(NC(=S)Nc2ccc(OCC)cc2)cc1.CC[CH2][AlH][CH2]CC. The van der Waals surface area contributed by atoms with E-state index in [4.69, 9.17) is 43.4 Å². The van der Waals surface area contributed by atoms with E-state index in [0.717, 1.165) is 57.6 Å². The van der Waals surface area contributed by atoms with Crippen LogP contribution in [0.25, 0.3) is 0 Å². The summed E-state index contributed by atoms with van der Waals surface area (Å²) < 4.78 is 21.6. The molecule has 8 nitrogen and oxygen atoms in total. The Kier molecular flexibility index (Phi) is 32.0. The third-order valence-electron chi connectivity index (χ3n) is 8.46. The topological polar surface area (TPSA) is 85.0 Å². The minimum atomic E-state index is 0.316. The van der Waals surface area contributed by atoms with Gasteiger partial charge < -0.3 is 40.2 Å². The summed E-state index contributed by atoms with van der Waals surface area (Å²) in [6.45, 7) is 24.3. The van der Waals surface area contributed by atoms with Crippen molar-refractivity contribution in [1.82, 2.24) is 0 Å². The zero-order chi connectivity index (χ0) is 44.4. The predicted octanol–water partition coefficient (Wildman–Crippen LogP) is 13.2. The van der Waals surface area contributed by atoms with E-state index < -0.39 is 0 Å². The van der Waals surface area contributed by atoms with Gasteiger partial charge in [-0.1, -0.05) is 87.4 Å². The van der Waals surface area contributed by atoms with E-state index in [1.807, 2.05) is 125 Å². The number of hydrogen-bond donors (Lipinski definition) is 4. The Morgan fingerprint density at radius 3 is 0.833 bits per heavy atom. The van der Waals surface area contributed by atoms with E-state index in [2.05, 4.69) is 62.8 Å². The van der Waals surface area contributed by atoms with Crippen LogP contribution in [0.2, 0.25) is 21.1 Å². The zero-order valence-corrected chi connectivity index (χ0v) is 42.8. The molecule has 4 aromatic carbocycles. The van der Waals surface area contributed by atoms with Gasteiger partial charge >= 0.3 is 0 Å². The van der Waals surface area contributed by atoms with E-state index in [0.29, 0.717) is 67.1 Å². The Labute approximate surface area is 387 Å². The van der Waals surface area contributed by atoms with E-state index >= 15 is 0 Å². The third kappa shape index (κ3) is 28.1. The lowest BCUT2D eigenvalue weighted by Crippen LogP contribution is -2.18. The van der Waals surface area contributed by atoms with Gasteiger partial charge in [-0.2, -0.15) is 0 Å². The zero-order valence-electron chi connectivity index (χ0n) is 38.3. The van der Waals surface area contributed by atoms with Crippen molar-refractivity contribution < 1.29 is 18.9 Å². The summed E-state index contributed by atoms with van der Waals surface area (Å²) in [5.41, 5.74) is 3.64. The molecule has 0 heterocycles. The highest BCUT2D eigenvalue weighted by Gasteiger charge is 2.03. The van der Waals surface area contributed by atoms with Gasteiger partial charge in [0, 0.05) is 22.7 Å². The molecule has 0 radical (unpaired) electrons. The second-order valence-electron chi connectivity index (χ2n) is 14.8. The first-order valence-corrected chi connectivity index (χ1v) is 26.8. The first-order chi connectivity index (χ1) is 29.0. The van der Waals surface area contributed by atoms with Crippen LogP contribution in [-0.2, 0) is 0 Å². The monoisotopic (exact) mass is 888 g/mol. The molecule has 0 saturated heterocycles. The molecule has 0 aliphatic carbocycles. The van der Waals surface area contributed by atoms with Crippen molar-refractivity contribution >= 4 is 87.8 Å². The summed E-state index contributed by atoms with van der Waals surface area (Å²) in [7, 11) is 0. The highest BCUT2D eigenvalue weighted by molar-refractivity contribution is 7.81. The van der Waals surface area contributed by atoms with Crippen LogP contribution in [-0.4, -0.2) is 67.1 Å². The molecule has 0 amide bonds. The quantitative estimate of drug-likeness (QED) is 0.0391. The second-order valence-corrected chi connectivity index (χ2v) is 19.6. The first-order valence-electron chi connectivity index (χ1n) is 22.0. The van der Waals surface area contributed by atoms with Gasteiger partial charge in [0.15, 0.2) is 10.2 Å². The average molecular weight is 889 g/mol. The maximum Gasteiger partial charge on any atom is 0.237 e. The summed E-state index contributed by atoms with van der Waals surface area (Å²) in [5, 5.41) is 19.8. The van der Waals surface area contributed by atoms with Gasteiger partial charge in [-0.05, 0) is 149 Å². The fourth-order valence-corrected chi connectivity index (χ4v) is 9.10. The maximum absolute atomic E-state index is 5.40.